The lowest BCUT2D eigenvalue weighted by molar-refractivity contribution is -0.131. The van der Waals surface area contributed by atoms with Gasteiger partial charge in [-0.3, -0.25) is 9.59 Å². The summed E-state index contributed by atoms with van der Waals surface area (Å²) in [7, 11) is 0. The zero-order valence-corrected chi connectivity index (χ0v) is 9.82. The summed E-state index contributed by atoms with van der Waals surface area (Å²) in [5.74, 6) is 0.0677. The molecule has 0 unspecified atom stereocenters. The number of esters is 1. The van der Waals surface area contributed by atoms with Gasteiger partial charge in [0.15, 0.2) is 0 Å². The van der Waals surface area contributed by atoms with Crippen molar-refractivity contribution in [3.63, 3.8) is 0 Å². The molecule has 0 N–H and O–H groups in total. The molecule has 0 heterocycles. The van der Waals surface area contributed by atoms with Crippen LogP contribution in [0.15, 0.2) is 36.4 Å². The Labute approximate surface area is 103 Å². The molecule has 0 bridgehead atoms. The fraction of sp³-hybridized carbons (Fsp3) is 0.0769. The van der Waals surface area contributed by atoms with Gasteiger partial charge in [0.2, 0.25) is 0 Å². The first-order chi connectivity index (χ1) is 8.06. The molecular weight excluding hydrogens is 240 g/mol. The third-order valence-electron chi connectivity index (χ3n) is 2.30. The molecule has 0 atom stereocenters. The van der Waals surface area contributed by atoms with Crippen LogP contribution in [0, 0.1) is 0 Å². The molecule has 4 heteroatoms. The van der Waals surface area contributed by atoms with E-state index in [9.17, 15) is 9.59 Å². The van der Waals surface area contributed by atoms with Crippen LogP contribution in [0.2, 0.25) is 0 Å². The monoisotopic (exact) mass is 248 g/mol. The molecule has 2 rings (SSSR count). The molecule has 2 aromatic carbocycles. The number of benzene rings is 2. The summed E-state index contributed by atoms with van der Waals surface area (Å²) < 4.78 is 4.97. The number of hydrogen-bond donors (Lipinski definition) is 0. The summed E-state index contributed by atoms with van der Waals surface area (Å²) in [6.45, 7) is 1.34. The van der Waals surface area contributed by atoms with E-state index in [2.05, 4.69) is 0 Å². The van der Waals surface area contributed by atoms with Gasteiger partial charge in [-0.25, -0.2) is 0 Å². The van der Waals surface area contributed by atoms with E-state index in [1.165, 1.54) is 6.92 Å². The van der Waals surface area contributed by atoms with Crippen molar-refractivity contribution in [3.8, 4) is 5.75 Å². The zero-order valence-electron chi connectivity index (χ0n) is 9.07. The lowest BCUT2D eigenvalue weighted by Crippen LogP contribution is -2.01. The predicted octanol–water partition coefficient (Wildman–Crippen LogP) is 3.14. The normalized spacial score (nSPS) is 10.2. The van der Waals surface area contributed by atoms with E-state index in [0.717, 1.165) is 10.8 Å². The minimum atomic E-state index is -0.509. The number of rotatable bonds is 2. The Morgan fingerprint density at radius 1 is 1.06 bits per heavy atom. The smallest absolute Gasteiger partial charge is 0.308 e. The molecular formula is C13H9ClO3. The molecule has 0 radical (unpaired) electrons. The molecule has 0 saturated heterocycles. The molecule has 17 heavy (non-hydrogen) atoms. The lowest BCUT2D eigenvalue weighted by Gasteiger charge is -2.04. The number of ether oxygens (including phenoxy) is 1. The Kier molecular flexibility index (Phi) is 3.11. The second kappa shape index (κ2) is 4.55. The van der Waals surface area contributed by atoms with Gasteiger partial charge in [-0.1, -0.05) is 12.1 Å². The number of carbonyl (C=O) groups excluding carboxylic acids is 2. The van der Waals surface area contributed by atoms with Gasteiger partial charge in [0.25, 0.3) is 5.24 Å². The average Bonchev–Trinajstić information content (AvgIpc) is 2.27. The first-order valence-electron chi connectivity index (χ1n) is 4.98. The van der Waals surface area contributed by atoms with Crippen LogP contribution < -0.4 is 4.74 Å². The molecule has 0 spiro atoms. The maximum absolute atomic E-state index is 11.0. The number of fused-ring (bicyclic) bond motifs is 1. The van der Waals surface area contributed by atoms with E-state index in [-0.39, 0.29) is 5.97 Å². The van der Waals surface area contributed by atoms with Crippen LogP contribution in [-0.4, -0.2) is 11.2 Å². The van der Waals surface area contributed by atoms with Crippen molar-refractivity contribution < 1.29 is 14.3 Å². The number of carbonyl (C=O) groups is 2. The van der Waals surface area contributed by atoms with Crippen molar-refractivity contribution in [2.45, 2.75) is 6.92 Å². The van der Waals surface area contributed by atoms with Crippen molar-refractivity contribution in [1.82, 2.24) is 0 Å². The largest absolute Gasteiger partial charge is 0.427 e. The van der Waals surface area contributed by atoms with Crippen molar-refractivity contribution in [2.24, 2.45) is 0 Å². The van der Waals surface area contributed by atoms with E-state index in [1.807, 2.05) is 6.07 Å². The Morgan fingerprint density at radius 2 is 1.76 bits per heavy atom. The average molecular weight is 249 g/mol. The third-order valence-corrected chi connectivity index (χ3v) is 2.52. The van der Waals surface area contributed by atoms with Gasteiger partial charge in [0.05, 0.1) is 0 Å². The van der Waals surface area contributed by atoms with Gasteiger partial charge in [-0.2, -0.15) is 0 Å². The molecule has 0 fully saturated rings. The fourth-order valence-corrected chi connectivity index (χ4v) is 1.69. The van der Waals surface area contributed by atoms with Crippen molar-refractivity contribution in [3.05, 3.63) is 42.0 Å². The highest BCUT2D eigenvalue weighted by Crippen LogP contribution is 2.22. The molecule has 0 aliphatic rings. The lowest BCUT2D eigenvalue weighted by atomic mass is 10.1. The molecule has 0 saturated carbocycles. The maximum atomic E-state index is 11.0. The van der Waals surface area contributed by atoms with E-state index in [4.69, 9.17) is 16.3 Å². The maximum Gasteiger partial charge on any atom is 0.308 e. The number of halogens is 1. The standard InChI is InChI=1S/C13H9ClO3/c1-8(15)17-12-5-4-9-2-3-10(13(14)16)6-11(9)7-12/h2-7H,1H3. The summed E-state index contributed by atoms with van der Waals surface area (Å²) in [6.07, 6.45) is 0. The van der Waals surface area contributed by atoms with Crippen LogP contribution in [0.25, 0.3) is 10.8 Å². The van der Waals surface area contributed by atoms with E-state index < -0.39 is 5.24 Å². The molecule has 3 nitrogen and oxygen atoms in total. The Hall–Kier alpha value is -1.87. The highest BCUT2D eigenvalue weighted by atomic mass is 35.5. The summed E-state index contributed by atoms with van der Waals surface area (Å²) >= 11 is 5.40. The fourth-order valence-electron chi connectivity index (χ4n) is 1.58. The van der Waals surface area contributed by atoms with Gasteiger partial charge in [0, 0.05) is 12.5 Å². The van der Waals surface area contributed by atoms with Gasteiger partial charge in [0.1, 0.15) is 5.75 Å². The van der Waals surface area contributed by atoms with Gasteiger partial charge in [-0.05, 0) is 46.6 Å². The van der Waals surface area contributed by atoms with Crippen molar-refractivity contribution in [1.29, 1.82) is 0 Å². The predicted molar refractivity (Wildman–Crippen MR) is 65.4 cm³/mol. The van der Waals surface area contributed by atoms with Gasteiger partial charge in [-0.15, -0.1) is 0 Å². The summed E-state index contributed by atoms with van der Waals surface area (Å²) in [4.78, 5) is 21.9. The minimum Gasteiger partial charge on any atom is -0.427 e. The highest BCUT2D eigenvalue weighted by Gasteiger charge is 2.04. The van der Waals surface area contributed by atoms with Crippen molar-refractivity contribution >= 4 is 33.6 Å². The van der Waals surface area contributed by atoms with Crippen LogP contribution in [0.3, 0.4) is 0 Å². The quantitative estimate of drug-likeness (QED) is 0.466. The first kappa shape index (κ1) is 11.6. The van der Waals surface area contributed by atoms with Gasteiger partial charge >= 0.3 is 5.97 Å². The van der Waals surface area contributed by atoms with Crippen molar-refractivity contribution in [2.75, 3.05) is 0 Å². The molecule has 0 aliphatic carbocycles. The summed E-state index contributed by atoms with van der Waals surface area (Å²) in [6, 6.07) is 10.3. The molecule has 0 amide bonds. The topological polar surface area (TPSA) is 43.4 Å². The van der Waals surface area contributed by atoms with Crippen LogP contribution in [-0.2, 0) is 4.79 Å². The van der Waals surface area contributed by atoms with E-state index in [1.54, 1.807) is 30.3 Å². The molecule has 2 aromatic rings. The molecule has 86 valence electrons. The highest BCUT2D eigenvalue weighted by molar-refractivity contribution is 6.67. The second-order valence-electron chi connectivity index (χ2n) is 3.59. The zero-order chi connectivity index (χ0) is 12.4. The van der Waals surface area contributed by atoms with Crippen LogP contribution >= 0.6 is 11.6 Å². The summed E-state index contributed by atoms with van der Waals surface area (Å²) in [5, 5.41) is 1.24. The second-order valence-corrected chi connectivity index (χ2v) is 3.93. The number of hydrogen-bond acceptors (Lipinski definition) is 3. The minimum absolute atomic E-state index is 0.381. The van der Waals surface area contributed by atoms with E-state index >= 15 is 0 Å². The Bertz CT molecular complexity index is 605. The molecule has 0 aromatic heterocycles. The van der Waals surface area contributed by atoms with Crippen LogP contribution in [0.4, 0.5) is 0 Å². The van der Waals surface area contributed by atoms with Crippen LogP contribution in [0.1, 0.15) is 17.3 Å². The molecule has 0 aliphatic heterocycles. The van der Waals surface area contributed by atoms with Gasteiger partial charge < -0.3 is 4.74 Å². The Morgan fingerprint density at radius 3 is 2.41 bits per heavy atom. The Balaban J connectivity index is 2.50. The third kappa shape index (κ3) is 2.63. The summed E-state index contributed by atoms with van der Waals surface area (Å²) in [5.41, 5.74) is 0.416. The SMILES string of the molecule is CC(=O)Oc1ccc2ccc(C(=O)Cl)cc2c1. The van der Waals surface area contributed by atoms with E-state index in [0.29, 0.717) is 11.3 Å². The first-order valence-corrected chi connectivity index (χ1v) is 5.36. The van der Waals surface area contributed by atoms with Crippen LogP contribution in [0.5, 0.6) is 5.75 Å².